The van der Waals surface area contributed by atoms with Crippen LogP contribution in [0.25, 0.3) is 0 Å². The molecule has 0 spiro atoms. The molecular formula is C21H25NO3. The predicted octanol–water partition coefficient (Wildman–Crippen LogP) is 3.54. The molecule has 132 valence electrons. The van der Waals surface area contributed by atoms with Gasteiger partial charge in [-0.3, -0.25) is 4.79 Å². The lowest BCUT2D eigenvalue weighted by molar-refractivity contribution is 0.0544. The summed E-state index contributed by atoms with van der Waals surface area (Å²) in [6.07, 6.45) is 2.35. The van der Waals surface area contributed by atoms with Gasteiger partial charge in [-0.15, -0.1) is 0 Å². The maximum absolute atomic E-state index is 12.4. The first-order valence-electron chi connectivity index (χ1n) is 8.89. The molecular weight excluding hydrogens is 314 g/mol. The Kier molecular flexibility index (Phi) is 5.71. The number of rotatable bonds is 5. The van der Waals surface area contributed by atoms with Crippen LogP contribution in [-0.4, -0.2) is 23.2 Å². The number of carbonyl (C=O) groups excluding carboxylic acids is 1. The van der Waals surface area contributed by atoms with E-state index in [1.54, 1.807) is 24.3 Å². The average Bonchev–Trinajstić information content (AvgIpc) is 2.64. The van der Waals surface area contributed by atoms with Crippen LogP contribution >= 0.6 is 0 Å². The van der Waals surface area contributed by atoms with Gasteiger partial charge in [0.05, 0.1) is 12.1 Å². The third-order valence-electron chi connectivity index (χ3n) is 4.85. The van der Waals surface area contributed by atoms with Gasteiger partial charge in [0.25, 0.3) is 5.91 Å². The second-order valence-corrected chi connectivity index (χ2v) is 6.77. The molecule has 25 heavy (non-hydrogen) atoms. The maximum atomic E-state index is 12.4. The van der Waals surface area contributed by atoms with Crippen LogP contribution in [0.5, 0.6) is 5.75 Å². The standard InChI is InChI=1S/C21H25NO3/c1-15-6-5-9-19(23)20(15)22-21(24)17-10-12-18(13-11-17)25-14-16-7-3-2-4-8-16/h2-4,7-8,10-13,15,19-20,23H,5-6,9,14H2,1H3,(H,22,24)/t15-,19-,20?/m0/s1. The van der Waals surface area contributed by atoms with E-state index in [4.69, 9.17) is 4.74 Å². The summed E-state index contributed by atoms with van der Waals surface area (Å²) in [6, 6.07) is 16.9. The summed E-state index contributed by atoms with van der Waals surface area (Å²) in [6.45, 7) is 2.58. The summed E-state index contributed by atoms with van der Waals surface area (Å²) in [5.41, 5.74) is 1.68. The van der Waals surface area contributed by atoms with Crippen LogP contribution in [0.15, 0.2) is 54.6 Å². The molecule has 0 saturated heterocycles. The number of aliphatic hydroxyl groups is 1. The van der Waals surface area contributed by atoms with Crippen molar-refractivity contribution in [1.29, 1.82) is 0 Å². The molecule has 0 heterocycles. The van der Waals surface area contributed by atoms with E-state index in [9.17, 15) is 9.90 Å². The Morgan fingerprint density at radius 1 is 1.12 bits per heavy atom. The molecule has 1 aliphatic carbocycles. The number of hydrogen-bond acceptors (Lipinski definition) is 3. The third kappa shape index (κ3) is 4.60. The summed E-state index contributed by atoms with van der Waals surface area (Å²) < 4.78 is 5.74. The van der Waals surface area contributed by atoms with Crippen LogP contribution < -0.4 is 10.1 Å². The zero-order valence-corrected chi connectivity index (χ0v) is 14.5. The lowest BCUT2D eigenvalue weighted by atomic mass is 9.83. The van der Waals surface area contributed by atoms with Gasteiger partial charge in [0.1, 0.15) is 12.4 Å². The Bertz CT molecular complexity index is 674. The minimum atomic E-state index is -0.457. The Hall–Kier alpha value is -2.33. The first kappa shape index (κ1) is 17.5. The molecule has 4 heteroatoms. The van der Waals surface area contributed by atoms with Crippen LogP contribution in [0.2, 0.25) is 0 Å². The molecule has 1 aliphatic rings. The Morgan fingerprint density at radius 2 is 1.84 bits per heavy atom. The van der Waals surface area contributed by atoms with Crippen molar-refractivity contribution >= 4 is 5.91 Å². The van der Waals surface area contributed by atoms with Crippen molar-refractivity contribution in [1.82, 2.24) is 5.32 Å². The van der Waals surface area contributed by atoms with Gasteiger partial charge in [-0.1, -0.05) is 43.7 Å². The number of aliphatic hydroxyl groups excluding tert-OH is 1. The van der Waals surface area contributed by atoms with Crippen molar-refractivity contribution in [3.05, 3.63) is 65.7 Å². The SMILES string of the molecule is C[C@H]1CCC[C@H](O)C1NC(=O)c1ccc(OCc2ccccc2)cc1. The summed E-state index contributed by atoms with van der Waals surface area (Å²) in [5.74, 6) is 0.875. The molecule has 3 atom stereocenters. The molecule has 3 rings (SSSR count). The summed E-state index contributed by atoms with van der Waals surface area (Å²) in [7, 11) is 0. The first-order valence-corrected chi connectivity index (χ1v) is 8.89. The van der Waals surface area contributed by atoms with E-state index < -0.39 is 6.10 Å². The van der Waals surface area contributed by atoms with Crippen molar-refractivity contribution < 1.29 is 14.6 Å². The molecule has 2 aromatic rings. The van der Waals surface area contributed by atoms with Crippen molar-refractivity contribution in [3.63, 3.8) is 0 Å². The highest BCUT2D eigenvalue weighted by Gasteiger charge is 2.30. The third-order valence-corrected chi connectivity index (χ3v) is 4.85. The van der Waals surface area contributed by atoms with Gasteiger partial charge < -0.3 is 15.2 Å². The molecule has 1 amide bonds. The van der Waals surface area contributed by atoms with Gasteiger partial charge in [0, 0.05) is 5.56 Å². The van der Waals surface area contributed by atoms with Crippen molar-refractivity contribution in [3.8, 4) is 5.75 Å². The van der Waals surface area contributed by atoms with Crippen LogP contribution in [0.1, 0.15) is 42.1 Å². The first-order chi connectivity index (χ1) is 12.1. The number of hydrogen-bond donors (Lipinski definition) is 2. The highest BCUT2D eigenvalue weighted by molar-refractivity contribution is 5.94. The summed E-state index contributed by atoms with van der Waals surface area (Å²) in [5, 5.41) is 13.1. The number of carbonyl (C=O) groups is 1. The van der Waals surface area contributed by atoms with Crippen molar-refractivity contribution in [2.75, 3.05) is 0 Å². The fourth-order valence-electron chi connectivity index (χ4n) is 3.30. The molecule has 2 aromatic carbocycles. The molecule has 0 aliphatic heterocycles. The topological polar surface area (TPSA) is 58.6 Å². The van der Waals surface area contributed by atoms with Crippen LogP contribution in [0.4, 0.5) is 0 Å². The highest BCUT2D eigenvalue weighted by Crippen LogP contribution is 2.25. The van der Waals surface area contributed by atoms with Gasteiger partial charge in [-0.25, -0.2) is 0 Å². The van der Waals surface area contributed by atoms with Gasteiger partial charge >= 0.3 is 0 Å². The molecule has 0 bridgehead atoms. The Balaban J connectivity index is 1.57. The monoisotopic (exact) mass is 339 g/mol. The smallest absolute Gasteiger partial charge is 0.251 e. The van der Waals surface area contributed by atoms with Crippen LogP contribution in [0.3, 0.4) is 0 Å². The second-order valence-electron chi connectivity index (χ2n) is 6.77. The minimum Gasteiger partial charge on any atom is -0.489 e. The molecule has 2 N–H and O–H groups in total. The van der Waals surface area contributed by atoms with Gasteiger partial charge in [-0.05, 0) is 48.6 Å². The van der Waals surface area contributed by atoms with Crippen molar-refractivity contribution in [2.24, 2.45) is 5.92 Å². The van der Waals surface area contributed by atoms with Gasteiger partial charge in [-0.2, -0.15) is 0 Å². The van der Waals surface area contributed by atoms with E-state index in [-0.39, 0.29) is 11.9 Å². The van der Waals surface area contributed by atoms with Gasteiger partial charge in [0.15, 0.2) is 0 Å². The predicted molar refractivity (Wildman–Crippen MR) is 97.5 cm³/mol. The lowest BCUT2D eigenvalue weighted by Crippen LogP contribution is -2.49. The van der Waals surface area contributed by atoms with Crippen molar-refractivity contribution in [2.45, 2.75) is 44.9 Å². The molecule has 0 radical (unpaired) electrons. The van der Waals surface area contributed by atoms with E-state index in [2.05, 4.69) is 12.2 Å². The normalized spacial score (nSPS) is 23.0. The fourth-order valence-corrected chi connectivity index (χ4v) is 3.30. The fraction of sp³-hybridized carbons (Fsp3) is 0.381. The maximum Gasteiger partial charge on any atom is 0.251 e. The number of benzene rings is 2. The van der Waals surface area contributed by atoms with Crippen LogP contribution in [0, 0.1) is 5.92 Å². The zero-order chi connectivity index (χ0) is 17.6. The Morgan fingerprint density at radius 3 is 2.52 bits per heavy atom. The largest absolute Gasteiger partial charge is 0.489 e. The molecule has 1 fully saturated rings. The van der Waals surface area contributed by atoms with E-state index in [0.717, 1.165) is 30.6 Å². The van der Waals surface area contributed by atoms with E-state index in [0.29, 0.717) is 18.1 Å². The summed E-state index contributed by atoms with van der Waals surface area (Å²) in [4.78, 5) is 12.4. The highest BCUT2D eigenvalue weighted by atomic mass is 16.5. The average molecular weight is 339 g/mol. The zero-order valence-electron chi connectivity index (χ0n) is 14.5. The van der Waals surface area contributed by atoms with E-state index in [1.807, 2.05) is 30.3 Å². The molecule has 4 nitrogen and oxygen atoms in total. The Labute approximate surface area is 148 Å². The summed E-state index contributed by atoms with van der Waals surface area (Å²) >= 11 is 0. The van der Waals surface area contributed by atoms with E-state index >= 15 is 0 Å². The number of nitrogens with one attached hydrogen (secondary N) is 1. The number of ether oxygens (including phenoxy) is 1. The quantitative estimate of drug-likeness (QED) is 0.876. The van der Waals surface area contributed by atoms with Gasteiger partial charge in [0.2, 0.25) is 0 Å². The van der Waals surface area contributed by atoms with E-state index in [1.165, 1.54) is 0 Å². The molecule has 1 saturated carbocycles. The lowest BCUT2D eigenvalue weighted by Gasteiger charge is -2.34. The molecule has 1 unspecified atom stereocenters. The second kappa shape index (κ2) is 8.17. The number of amides is 1. The minimum absolute atomic E-state index is 0.146. The van der Waals surface area contributed by atoms with Crippen LogP contribution in [-0.2, 0) is 6.61 Å². The molecule has 0 aromatic heterocycles.